The van der Waals surface area contributed by atoms with E-state index < -0.39 is 12.4 Å². The van der Waals surface area contributed by atoms with E-state index in [9.17, 15) is 18.0 Å². The molecule has 0 spiro atoms. The Kier molecular flexibility index (Phi) is 9.24. The fourth-order valence-corrected chi connectivity index (χ4v) is 5.79. The molecule has 2 amide bonds. The fourth-order valence-electron chi connectivity index (χ4n) is 4.93. The molecule has 0 radical (unpaired) electrons. The van der Waals surface area contributed by atoms with Crippen LogP contribution in [-0.2, 0) is 0 Å². The third-order valence-corrected chi connectivity index (χ3v) is 8.44. The molecule has 2 aromatic heterocycles. The maximum absolute atomic E-state index is 13.0. The Morgan fingerprint density at radius 1 is 0.978 bits per heavy atom. The van der Waals surface area contributed by atoms with E-state index in [0.717, 1.165) is 22.5 Å². The van der Waals surface area contributed by atoms with Crippen molar-refractivity contribution >= 4 is 17.4 Å². The summed E-state index contributed by atoms with van der Waals surface area (Å²) >= 11 is 1.43. The number of nitrogens with zero attached hydrogens (tertiary/aromatic N) is 5. The number of carbonyl (C=O) groups excluding carboxylic acids is 1. The number of hydrogen-bond acceptors (Lipinski definition) is 5. The topological polar surface area (TPSA) is 86.3 Å². The van der Waals surface area contributed by atoms with Crippen molar-refractivity contribution < 1.29 is 22.7 Å². The van der Waals surface area contributed by atoms with E-state index in [2.05, 4.69) is 51.1 Å². The van der Waals surface area contributed by atoms with Gasteiger partial charge >= 0.3 is 12.4 Å². The highest BCUT2D eigenvalue weighted by atomic mass is 32.1. The quantitative estimate of drug-likeness (QED) is 0.188. The zero-order chi connectivity index (χ0) is 32.3. The summed E-state index contributed by atoms with van der Waals surface area (Å²) in [6.45, 7) is 10.3. The number of amides is 2. The molecule has 0 aliphatic heterocycles. The maximum atomic E-state index is 13.0. The lowest BCUT2D eigenvalue weighted by atomic mass is 9.93. The molecule has 8 nitrogen and oxygen atoms in total. The molecule has 0 fully saturated rings. The summed E-state index contributed by atoms with van der Waals surface area (Å²) < 4.78 is 44.7. The number of aromatic nitrogens is 4. The number of carbonyl (C=O) groups is 1. The molecule has 0 bridgehead atoms. The Morgan fingerprint density at radius 3 is 2.33 bits per heavy atom. The number of halogens is 3. The van der Waals surface area contributed by atoms with Crippen LogP contribution in [0.5, 0.6) is 5.75 Å². The van der Waals surface area contributed by atoms with Gasteiger partial charge in [0, 0.05) is 28.6 Å². The minimum absolute atomic E-state index is 0.0139. The van der Waals surface area contributed by atoms with Gasteiger partial charge in [0.05, 0.1) is 11.4 Å². The summed E-state index contributed by atoms with van der Waals surface area (Å²) in [6, 6.07) is 20.6. The van der Waals surface area contributed by atoms with E-state index in [0.29, 0.717) is 22.2 Å². The van der Waals surface area contributed by atoms with Gasteiger partial charge in [-0.25, -0.2) is 14.5 Å². The molecule has 45 heavy (non-hydrogen) atoms. The Balaban J connectivity index is 1.26. The van der Waals surface area contributed by atoms with Crippen LogP contribution in [0.3, 0.4) is 0 Å². The predicted molar refractivity (Wildman–Crippen MR) is 168 cm³/mol. The van der Waals surface area contributed by atoms with E-state index >= 15 is 0 Å². The van der Waals surface area contributed by atoms with Gasteiger partial charge in [0.2, 0.25) is 0 Å². The lowest BCUT2D eigenvalue weighted by Crippen LogP contribution is -2.35. The molecule has 2 atom stereocenters. The average Bonchev–Trinajstić information content (AvgIpc) is 3.63. The molecule has 0 saturated carbocycles. The fraction of sp³-hybridized carbons (Fsp3) is 0.273. The second-order valence-corrected chi connectivity index (χ2v) is 11.9. The number of urea groups is 1. The zero-order valence-corrected chi connectivity index (χ0v) is 26.2. The number of hydrogen-bond donors (Lipinski definition) is 1. The van der Waals surface area contributed by atoms with Crippen LogP contribution in [0, 0.1) is 6.92 Å². The van der Waals surface area contributed by atoms with E-state index in [1.54, 1.807) is 0 Å². The molecule has 0 saturated heterocycles. The third kappa shape index (κ3) is 7.51. The first-order chi connectivity index (χ1) is 21.4. The molecule has 3 aromatic carbocycles. The number of ether oxygens (including phenoxy) is 1. The summed E-state index contributed by atoms with van der Waals surface area (Å²) in [5.41, 5.74) is 5.53. The van der Waals surface area contributed by atoms with Crippen LogP contribution >= 0.6 is 11.3 Å². The normalized spacial score (nSPS) is 13.6. The lowest BCUT2D eigenvalue weighted by Gasteiger charge is -2.21. The molecule has 12 heteroatoms. The van der Waals surface area contributed by atoms with Crippen LogP contribution in [0.2, 0.25) is 0 Å². The van der Waals surface area contributed by atoms with Crippen molar-refractivity contribution in [3.63, 3.8) is 0 Å². The van der Waals surface area contributed by atoms with E-state index in [4.69, 9.17) is 0 Å². The van der Waals surface area contributed by atoms with Gasteiger partial charge in [0.25, 0.3) is 0 Å². The average molecular weight is 635 g/mol. The van der Waals surface area contributed by atoms with Crippen LogP contribution < -0.4 is 14.9 Å². The van der Waals surface area contributed by atoms with Gasteiger partial charge in [-0.15, -0.1) is 29.6 Å². The minimum Gasteiger partial charge on any atom is -0.406 e. The molecule has 0 aliphatic rings. The molecular weight excluding hydrogens is 601 g/mol. The molecular formula is C33H33F3N6O2S. The highest BCUT2D eigenvalue weighted by molar-refractivity contribution is 7.07. The first-order valence-corrected chi connectivity index (χ1v) is 15.3. The third-order valence-electron chi connectivity index (χ3n) is 7.50. The number of alkyl halides is 3. The SMILES string of the molecule is Cc1cs/c(=N\C(=O)NC(C)C(C)c2ccc(-c3ncn(-c4ccc(OC(F)(F)F)cc4)n3)cc2)n1-c1ccccc1C(C)C. The number of aryl methyl sites for hydroxylation is 1. The summed E-state index contributed by atoms with van der Waals surface area (Å²) in [5.74, 6) is 0.451. The second-order valence-electron chi connectivity index (χ2n) is 11.0. The monoisotopic (exact) mass is 634 g/mol. The van der Waals surface area contributed by atoms with E-state index in [-0.39, 0.29) is 17.7 Å². The van der Waals surface area contributed by atoms with Gasteiger partial charge < -0.3 is 10.1 Å². The van der Waals surface area contributed by atoms with Crippen LogP contribution in [0.15, 0.2) is 89.5 Å². The summed E-state index contributed by atoms with van der Waals surface area (Å²) in [6.07, 6.45) is -3.26. The van der Waals surface area contributed by atoms with Gasteiger partial charge in [-0.05, 0) is 61.2 Å². The van der Waals surface area contributed by atoms with Crippen LogP contribution in [0.4, 0.5) is 18.0 Å². The van der Waals surface area contributed by atoms with Gasteiger partial charge in [0.15, 0.2) is 10.6 Å². The molecule has 2 heterocycles. The first-order valence-electron chi connectivity index (χ1n) is 14.4. The Labute approximate surface area is 262 Å². The predicted octanol–water partition coefficient (Wildman–Crippen LogP) is 7.92. The van der Waals surface area contributed by atoms with Crippen molar-refractivity contribution in [1.82, 2.24) is 24.6 Å². The van der Waals surface area contributed by atoms with Crippen LogP contribution in [0.1, 0.15) is 56.4 Å². The van der Waals surface area contributed by atoms with Gasteiger partial charge in [-0.1, -0.05) is 63.2 Å². The number of rotatable bonds is 8. The van der Waals surface area contributed by atoms with Crippen molar-refractivity contribution in [3.05, 3.63) is 106 Å². The molecule has 1 N–H and O–H groups in total. The number of nitrogens with one attached hydrogen (secondary N) is 1. The summed E-state index contributed by atoms with van der Waals surface area (Å²) in [4.78, 5) is 22.4. The largest absolute Gasteiger partial charge is 0.573 e. The van der Waals surface area contributed by atoms with Crippen molar-refractivity contribution in [2.24, 2.45) is 4.99 Å². The lowest BCUT2D eigenvalue weighted by molar-refractivity contribution is -0.274. The van der Waals surface area contributed by atoms with Crippen molar-refractivity contribution in [2.75, 3.05) is 0 Å². The summed E-state index contributed by atoms with van der Waals surface area (Å²) in [7, 11) is 0. The van der Waals surface area contributed by atoms with Gasteiger partial charge in [0.1, 0.15) is 12.1 Å². The maximum Gasteiger partial charge on any atom is 0.573 e. The van der Waals surface area contributed by atoms with Crippen molar-refractivity contribution in [3.8, 4) is 28.5 Å². The number of para-hydroxylation sites is 1. The molecule has 0 aliphatic carbocycles. The minimum atomic E-state index is -4.75. The van der Waals surface area contributed by atoms with E-state index in [1.807, 2.05) is 67.1 Å². The molecule has 234 valence electrons. The molecule has 5 rings (SSSR count). The first kappa shape index (κ1) is 31.7. The zero-order valence-electron chi connectivity index (χ0n) is 25.4. The Bertz CT molecular complexity index is 1840. The smallest absolute Gasteiger partial charge is 0.406 e. The highest BCUT2D eigenvalue weighted by Crippen LogP contribution is 2.26. The number of benzene rings is 3. The Hall–Kier alpha value is -4.71. The van der Waals surface area contributed by atoms with Crippen LogP contribution in [0.25, 0.3) is 22.8 Å². The van der Waals surface area contributed by atoms with Gasteiger partial charge in [-0.3, -0.25) is 4.57 Å². The van der Waals surface area contributed by atoms with Gasteiger partial charge in [-0.2, -0.15) is 4.99 Å². The highest BCUT2D eigenvalue weighted by Gasteiger charge is 2.31. The second kappa shape index (κ2) is 13.1. The molecule has 5 aromatic rings. The Morgan fingerprint density at radius 2 is 1.67 bits per heavy atom. The number of thiazole rings is 1. The van der Waals surface area contributed by atoms with Crippen LogP contribution in [-0.4, -0.2) is 37.8 Å². The standard InChI is InChI=1S/C33H33F3N6O2S/c1-20(2)28-8-6-7-9-29(28)42-21(3)18-45-32(42)39-31(43)38-23(5)22(4)24-10-12-25(13-11-24)30-37-19-41(40-30)26-14-16-27(17-15-26)44-33(34,35)36/h6-20,22-23H,1-5H3,(H,38,43)/b39-32-. The van der Waals surface area contributed by atoms with Crippen molar-refractivity contribution in [2.45, 2.75) is 58.9 Å². The molecule has 2 unspecified atom stereocenters. The van der Waals surface area contributed by atoms with E-state index in [1.165, 1.54) is 52.2 Å². The van der Waals surface area contributed by atoms with Crippen molar-refractivity contribution in [1.29, 1.82) is 0 Å². The summed E-state index contributed by atoms with van der Waals surface area (Å²) in [5, 5.41) is 9.48.